The van der Waals surface area contributed by atoms with Crippen LogP contribution in [0.5, 0.6) is 0 Å². The molecule has 1 aliphatic rings. The fraction of sp³-hybridized carbons (Fsp3) is 0.375. The second-order valence-corrected chi connectivity index (χ2v) is 7.50. The van der Waals surface area contributed by atoms with Crippen molar-refractivity contribution in [3.63, 3.8) is 0 Å². The van der Waals surface area contributed by atoms with Gasteiger partial charge in [-0.2, -0.15) is 0 Å². The number of carbonyl (C=O) groups excluding carboxylic acids is 2. The third-order valence-corrected chi connectivity index (χ3v) is 5.58. The van der Waals surface area contributed by atoms with Gasteiger partial charge >= 0.3 is 0 Å². The molecule has 2 aromatic rings. The van der Waals surface area contributed by atoms with E-state index in [2.05, 4.69) is 18.8 Å². The second kappa shape index (κ2) is 9.61. The summed E-state index contributed by atoms with van der Waals surface area (Å²) in [6, 6.07) is 14.8. The molecule has 0 fully saturated rings. The lowest BCUT2D eigenvalue weighted by Gasteiger charge is -2.31. The molecule has 0 radical (unpaired) electrons. The Labute approximate surface area is 173 Å². The van der Waals surface area contributed by atoms with Crippen LogP contribution >= 0.6 is 0 Å². The molecule has 0 spiro atoms. The van der Waals surface area contributed by atoms with Crippen LogP contribution in [0.4, 0.5) is 5.69 Å². The van der Waals surface area contributed by atoms with Gasteiger partial charge in [-0.25, -0.2) is 4.90 Å². The average Bonchev–Trinajstić information content (AvgIpc) is 2.74. The van der Waals surface area contributed by atoms with E-state index in [1.165, 1.54) is 4.90 Å². The average molecular weight is 393 g/mol. The molecule has 0 aliphatic carbocycles. The Hall–Kier alpha value is -2.79. The topological polar surface area (TPSA) is 54.2 Å². The van der Waals surface area contributed by atoms with Crippen molar-refractivity contribution in [1.29, 1.82) is 0 Å². The quantitative estimate of drug-likeness (QED) is 0.427. The summed E-state index contributed by atoms with van der Waals surface area (Å²) in [5, 5.41) is 0. The van der Waals surface area contributed by atoms with Crippen molar-refractivity contribution in [3.8, 4) is 0 Å². The first-order valence-electron chi connectivity index (χ1n) is 10.4. The summed E-state index contributed by atoms with van der Waals surface area (Å²) in [5.74, 6) is -1.05. The summed E-state index contributed by atoms with van der Waals surface area (Å²) in [6.45, 7) is 10.4. The first-order valence-corrected chi connectivity index (χ1v) is 10.4. The lowest BCUT2D eigenvalue weighted by atomic mass is 9.89. The number of amides is 2. The van der Waals surface area contributed by atoms with E-state index in [0.717, 1.165) is 37.2 Å². The van der Waals surface area contributed by atoms with Gasteiger partial charge in [-0.15, -0.1) is 0 Å². The molecule has 1 unspecified atom stereocenters. The minimum absolute atomic E-state index is 0.240. The largest absolute Gasteiger partial charge is 0.335 e. The number of carbonyl (C=O) groups is 2. The van der Waals surface area contributed by atoms with E-state index in [1.54, 1.807) is 17.2 Å². The summed E-state index contributed by atoms with van der Waals surface area (Å²) >= 11 is 0. The van der Waals surface area contributed by atoms with E-state index in [9.17, 15) is 9.59 Å². The number of hydrogen-bond donors (Lipinski definition) is 1. The third-order valence-electron chi connectivity index (χ3n) is 5.58. The highest BCUT2D eigenvalue weighted by atomic mass is 16.2. The van der Waals surface area contributed by atoms with Crippen LogP contribution in [-0.4, -0.2) is 44.2 Å². The number of anilines is 1. The Kier molecular flexibility index (Phi) is 6.94. The first kappa shape index (κ1) is 20.9. The monoisotopic (exact) mass is 392 g/mol. The summed E-state index contributed by atoms with van der Waals surface area (Å²) in [7, 11) is 0. The van der Waals surface area contributed by atoms with Gasteiger partial charge in [0.1, 0.15) is 0 Å². The Bertz CT molecular complexity index is 885. The first-order chi connectivity index (χ1) is 14.1. The van der Waals surface area contributed by atoms with Gasteiger partial charge < -0.3 is 4.90 Å². The molecule has 0 aromatic heterocycles. The number of nitrogens with one attached hydrogen (secondary N) is 1. The SMILES string of the molecule is CC[NH+](CC)CCCN=CC1C(=O)N(c2ccc(C)cc2)C(=O)c2ccccc21. The van der Waals surface area contributed by atoms with Crippen molar-refractivity contribution in [2.45, 2.75) is 33.1 Å². The molecule has 1 atom stereocenters. The van der Waals surface area contributed by atoms with Crippen molar-refractivity contribution in [1.82, 2.24) is 0 Å². The zero-order valence-corrected chi connectivity index (χ0v) is 17.5. The molecule has 5 heteroatoms. The van der Waals surface area contributed by atoms with E-state index < -0.39 is 5.92 Å². The Morgan fingerprint density at radius 3 is 2.41 bits per heavy atom. The summed E-state index contributed by atoms with van der Waals surface area (Å²) in [5.41, 5.74) is 2.99. The molecule has 2 aromatic carbocycles. The van der Waals surface area contributed by atoms with Crippen LogP contribution in [0.1, 0.15) is 47.7 Å². The summed E-state index contributed by atoms with van der Waals surface area (Å²) in [6.07, 6.45) is 2.71. The molecule has 2 amide bonds. The lowest BCUT2D eigenvalue weighted by molar-refractivity contribution is -0.896. The highest BCUT2D eigenvalue weighted by Crippen LogP contribution is 2.31. The van der Waals surface area contributed by atoms with Gasteiger partial charge in [0.2, 0.25) is 5.91 Å². The maximum Gasteiger partial charge on any atom is 0.265 e. The molecule has 1 aliphatic heterocycles. The van der Waals surface area contributed by atoms with Crippen LogP contribution in [0.2, 0.25) is 0 Å². The van der Waals surface area contributed by atoms with E-state index in [4.69, 9.17) is 0 Å². The maximum absolute atomic E-state index is 13.3. The Morgan fingerprint density at radius 1 is 1.03 bits per heavy atom. The fourth-order valence-corrected chi connectivity index (χ4v) is 3.74. The molecule has 0 bridgehead atoms. The van der Waals surface area contributed by atoms with Gasteiger partial charge in [0.25, 0.3) is 5.91 Å². The zero-order valence-electron chi connectivity index (χ0n) is 17.5. The number of nitrogens with zero attached hydrogens (tertiary/aromatic N) is 2. The van der Waals surface area contributed by atoms with Crippen LogP contribution in [0.3, 0.4) is 0 Å². The van der Waals surface area contributed by atoms with E-state index >= 15 is 0 Å². The minimum Gasteiger partial charge on any atom is -0.335 e. The molecule has 1 N–H and O–H groups in total. The molecular formula is C24H30N3O2+. The number of fused-ring (bicyclic) bond motifs is 1. The van der Waals surface area contributed by atoms with Gasteiger partial charge in [0, 0.05) is 24.7 Å². The zero-order chi connectivity index (χ0) is 20.8. The Balaban J connectivity index is 1.83. The normalized spacial score (nSPS) is 16.7. The number of hydrogen-bond acceptors (Lipinski definition) is 3. The van der Waals surface area contributed by atoms with Gasteiger partial charge in [-0.3, -0.25) is 14.6 Å². The number of quaternary nitrogens is 1. The number of imide groups is 1. The molecule has 0 saturated carbocycles. The maximum atomic E-state index is 13.3. The number of rotatable bonds is 8. The van der Waals surface area contributed by atoms with Crippen LogP contribution < -0.4 is 9.80 Å². The summed E-state index contributed by atoms with van der Waals surface area (Å²) in [4.78, 5) is 33.7. The van der Waals surface area contributed by atoms with Crippen molar-refractivity contribution in [2.75, 3.05) is 31.1 Å². The number of benzene rings is 2. The summed E-state index contributed by atoms with van der Waals surface area (Å²) < 4.78 is 0. The van der Waals surface area contributed by atoms with Crippen LogP contribution in [0.15, 0.2) is 53.5 Å². The van der Waals surface area contributed by atoms with Crippen molar-refractivity contribution >= 4 is 23.7 Å². The van der Waals surface area contributed by atoms with E-state index in [-0.39, 0.29) is 11.8 Å². The van der Waals surface area contributed by atoms with Gasteiger partial charge in [0.05, 0.1) is 31.2 Å². The number of aliphatic imine (C=N–C) groups is 1. The van der Waals surface area contributed by atoms with Crippen molar-refractivity contribution in [3.05, 3.63) is 65.2 Å². The number of aryl methyl sites for hydroxylation is 1. The van der Waals surface area contributed by atoms with Gasteiger partial charge in [0.15, 0.2) is 0 Å². The highest BCUT2D eigenvalue weighted by Gasteiger charge is 2.38. The molecule has 1 heterocycles. The Morgan fingerprint density at radius 2 is 1.72 bits per heavy atom. The van der Waals surface area contributed by atoms with Crippen LogP contribution in [-0.2, 0) is 4.79 Å². The molecule has 29 heavy (non-hydrogen) atoms. The van der Waals surface area contributed by atoms with E-state index in [0.29, 0.717) is 17.8 Å². The van der Waals surface area contributed by atoms with Crippen molar-refractivity contribution < 1.29 is 14.5 Å². The standard InChI is InChI=1S/C24H29N3O2/c1-4-26(5-2)16-8-15-25-17-22-20-9-6-7-10-21(20)23(28)27(24(22)29)19-13-11-18(3)12-14-19/h6-7,9-14,17,22H,4-5,8,15-16H2,1-3H3/p+1. The fourth-order valence-electron chi connectivity index (χ4n) is 3.74. The highest BCUT2D eigenvalue weighted by molar-refractivity contribution is 6.29. The predicted molar refractivity (Wildman–Crippen MR) is 117 cm³/mol. The molecule has 3 rings (SSSR count). The predicted octanol–water partition coefficient (Wildman–Crippen LogP) is 2.65. The van der Waals surface area contributed by atoms with Crippen molar-refractivity contribution in [2.24, 2.45) is 4.99 Å². The van der Waals surface area contributed by atoms with Crippen LogP contribution in [0.25, 0.3) is 0 Å². The second-order valence-electron chi connectivity index (χ2n) is 7.50. The molecule has 152 valence electrons. The van der Waals surface area contributed by atoms with E-state index in [1.807, 2.05) is 49.4 Å². The lowest BCUT2D eigenvalue weighted by Crippen LogP contribution is -3.11. The third kappa shape index (κ3) is 4.62. The smallest absolute Gasteiger partial charge is 0.265 e. The molecular weight excluding hydrogens is 362 g/mol. The molecule has 5 nitrogen and oxygen atoms in total. The minimum atomic E-state index is -0.536. The van der Waals surface area contributed by atoms with Gasteiger partial charge in [-0.05, 0) is 44.5 Å². The van der Waals surface area contributed by atoms with Gasteiger partial charge in [-0.1, -0.05) is 35.9 Å². The van der Waals surface area contributed by atoms with Crippen LogP contribution in [0, 0.1) is 6.92 Å². The molecule has 0 saturated heterocycles.